The summed E-state index contributed by atoms with van der Waals surface area (Å²) in [6.07, 6.45) is 64.8. The first-order chi connectivity index (χ1) is 26.2. The molecule has 0 rings (SSSR count). The Balaban J connectivity index is 3.57. The molecule has 0 aromatic rings. The number of aliphatic hydroxyl groups is 1. The second kappa shape index (κ2) is 45.5. The zero-order chi connectivity index (χ0) is 38.4. The molecule has 4 heteroatoms. The van der Waals surface area contributed by atoms with Crippen LogP contribution in [-0.2, 0) is 14.3 Å². The van der Waals surface area contributed by atoms with Gasteiger partial charge < -0.3 is 14.6 Å². The molecule has 1 unspecified atom stereocenters. The van der Waals surface area contributed by atoms with Gasteiger partial charge in [0.15, 0.2) is 0 Å². The van der Waals surface area contributed by atoms with E-state index >= 15 is 0 Å². The lowest BCUT2D eigenvalue weighted by atomic mass is 10.1. The molecule has 0 aromatic heterocycles. The Kier molecular flexibility index (Phi) is 43.2. The lowest BCUT2D eigenvalue weighted by Gasteiger charge is -2.15. The van der Waals surface area contributed by atoms with E-state index in [4.69, 9.17) is 9.47 Å². The van der Waals surface area contributed by atoms with Crippen molar-refractivity contribution in [3.05, 3.63) is 97.2 Å². The smallest absolute Gasteiger partial charge is 0.306 e. The first-order valence-electron chi connectivity index (χ1n) is 21.8. The van der Waals surface area contributed by atoms with Crippen LogP contribution < -0.4 is 0 Å². The highest BCUT2D eigenvalue weighted by atomic mass is 16.6. The third kappa shape index (κ3) is 43.6. The number of carbonyl (C=O) groups is 1. The number of hydrogen-bond donors (Lipinski definition) is 1. The van der Waals surface area contributed by atoms with Gasteiger partial charge in [-0.25, -0.2) is 0 Å². The topological polar surface area (TPSA) is 55.8 Å². The van der Waals surface area contributed by atoms with Crippen molar-refractivity contribution in [2.45, 2.75) is 187 Å². The van der Waals surface area contributed by atoms with Crippen molar-refractivity contribution in [3.8, 4) is 0 Å². The molecule has 0 radical (unpaired) electrons. The van der Waals surface area contributed by atoms with Crippen LogP contribution in [0.3, 0.4) is 0 Å². The van der Waals surface area contributed by atoms with Crippen molar-refractivity contribution in [3.63, 3.8) is 0 Å². The minimum atomic E-state index is -0.583. The van der Waals surface area contributed by atoms with Crippen LogP contribution in [-0.4, -0.2) is 37.0 Å². The lowest BCUT2D eigenvalue weighted by molar-refractivity contribution is -0.154. The summed E-state index contributed by atoms with van der Waals surface area (Å²) in [5.74, 6) is -0.286. The summed E-state index contributed by atoms with van der Waals surface area (Å²) in [6.45, 7) is 5.12. The van der Waals surface area contributed by atoms with Crippen LogP contribution in [0.5, 0.6) is 0 Å². The molecule has 302 valence electrons. The van der Waals surface area contributed by atoms with Crippen LogP contribution in [0.2, 0.25) is 0 Å². The molecular weight excluding hydrogens is 653 g/mol. The summed E-state index contributed by atoms with van der Waals surface area (Å²) in [6, 6.07) is 0. The molecule has 0 fully saturated rings. The number of hydrogen-bond acceptors (Lipinski definition) is 4. The molecule has 4 nitrogen and oxygen atoms in total. The van der Waals surface area contributed by atoms with Crippen molar-refractivity contribution >= 4 is 5.97 Å². The summed E-state index contributed by atoms with van der Waals surface area (Å²) < 4.78 is 11.1. The molecule has 0 aromatic carbocycles. The summed E-state index contributed by atoms with van der Waals surface area (Å²) in [7, 11) is 0. The third-order valence-electron chi connectivity index (χ3n) is 8.91. The molecule has 53 heavy (non-hydrogen) atoms. The second-order valence-electron chi connectivity index (χ2n) is 14.0. The number of esters is 1. The first-order valence-corrected chi connectivity index (χ1v) is 21.8. The quantitative estimate of drug-likeness (QED) is 0.0388. The van der Waals surface area contributed by atoms with Crippen LogP contribution in [0.25, 0.3) is 0 Å². The molecule has 0 aliphatic carbocycles. The van der Waals surface area contributed by atoms with Gasteiger partial charge in [0, 0.05) is 13.0 Å². The van der Waals surface area contributed by atoms with E-state index in [1.807, 2.05) is 6.08 Å². The predicted molar refractivity (Wildman–Crippen MR) is 232 cm³/mol. The maximum absolute atomic E-state index is 12.2. The van der Waals surface area contributed by atoms with Crippen LogP contribution in [0.1, 0.15) is 181 Å². The standard InChI is InChI=1S/C49H82O4/c1-3-5-7-9-11-13-15-17-19-21-23-24-25-27-29-31-33-35-37-39-41-43-45-52-47-48(46-50)53-49(51)44-42-40-38-36-34-32-30-28-26-22-20-18-16-14-12-10-8-6-4-2/h6,8,12,14-15,17-18,20-21,23,26,28,32,34,38,40,48,50H,3-5,7,9-11,13,16,19,22,24-25,27,29-31,33,35-37,39,41-47H2,1-2H3/b8-6-,14-12-,17-15-,20-18-,23-21-,28-26-,34-32-,40-38-. The zero-order valence-corrected chi connectivity index (χ0v) is 34.5. The van der Waals surface area contributed by atoms with Crippen molar-refractivity contribution in [2.75, 3.05) is 19.8 Å². The number of rotatable bonds is 39. The summed E-state index contributed by atoms with van der Waals surface area (Å²) in [4.78, 5) is 12.2. The van der Waals surface area contributed by atoms with Gasteiger partial charge >= 0.3 is 5.97 Å². The lowest BCUT2D eigenvalue weighted by Crippen LogP contribution is -2.27. The van der Waals surface area contributed by atoms with Crippen LogP contribution >= 0.6 is 0 Å². The van der Waals surface area contributed by atoms with Crippen LogP contribution in [0.15, 0.2) is 97.2 Å². The Morgan fingerprint density at radius 3 is 1.28 bits per heavy atom. The van der Waals surface area contributed by atoms with E-state index in [9.17, 15) is 9.90 Å². The Labute approximate surface area is 328 Å². The number of ether oxygens (including phenoxy) is 2. The van der Waals surface area contributed by atoms with E-state index in [1.54, 1.807) is 0 Å². The maximum atomic E-state index is 12.2. The molecule has 0 heterocycles. The van der Waals surface area contributed by atoms with Crippen molar-refractivity contribution < 1.29 is 19.4 Å². The average Bonchev–Trinajstić information content (AvgIpc) is 3.16. The molecule has 0 saturated carbocycles. The Morgan fingerprint density at radius 2 is 0.849 bits per heavy atom. The number of unbranched alkanes of at least 4 members (excludes halogenated alkanes) is 15. The monoisotopic (exact) mass is 735 g/mol. The van der Waals surface area contributed by atoms with Crippen molar-refractivity contribution in [2.24, 2.45) is 0 Å². The highest BCUT2D eigenvalue weighted by molar-refractivity contribution is 5.69. The second-order valence-corrected chi connectivity index (χ2v) is 14.0. The Bertz CT molecular complexity index is 996. The minimum Gasteiger partial charge on any atom is -0.457 e. The first kappa shape index (κ1) is 50.3. The Morgan fingerprint density at radius 1 is 0.472 bits per heavy atom. The fourth-order valence-corrected chi connectivity index (χ4v) is 5.68. The molecule has 1 N–H and O–H groups in total. The SMILES string of the molecule is CC/C=C\C/C=C\C/C=C\C/C=C\C/C=C\C/C=C\CCC(=O)OC(CO)COCCCCCCCCCCCC/C=C\C/C=C\CCCCCCC. The summed E-state index contributed by atoms with van der Waals surface area (Å²) >= 11 is 0. The molecule has 0 saturated heterocycles. The highest BCUT2D eigenvalue weighted by Gasteiger charge is 2.13. The van der Waals surface area contributed by atoms with Gasteiger partial charge in [-0.05, 0) is 83.5 Å². The van der Waals surface area contributed by atoms with Gasteiger partial charge in [-0.3, -0.25) is 4.79 Å². The molecule has 0 aliphatic rings. The molecule has 0 amide bonds. The average molecular weight is 735 g/mol. The fraction of sp³-hybridized carbons (Fsp3) is 0.653. The summed E-state index contributed by atoms with van der Waals surface area (Å²) in [5, 5.41) is 9.60. The largest absolute Gasteiger partial charge is 0.457 e. The number of carbonyl (C=O) groups excluding carboxylic acids is 1. The molecule has 0 spiro atoms. The van der Waals surface area contributed by atoms with Crippen LogP contribution in [0, 0.1) is 0 Å². The zero-order valence-electron chi connectivity index (χ0n) is 34.5. The van der Waals surface area contributed by atoms with Gasteiger partial charge in [-0.1, -0.05) is 188 Å². The van der Waals surface area contributed by atoms with E-state index in [2.05, 4.69) is 105 Å². The van der Waals surface area contributed by atoms with Gasteiger partial charge in [0.2, 0.25) is 0 Å². The Hall–Kier alpha value is -2.69. The van der Waals surface area contributed by atoms with Crippen LogP contribution in [0.4, 0.5) is 0 Å². The van der Waals surface area contributed by atoms with E-state index in [-0.39, 0.29) is 19.2 Å². The predicted octanol–water partition coefficient (Wildman–Crippen LogP) is 14.5. The fourth-order valence-electron chi connectivity index (χ4n) is 5.68. The molecule has 0 bridgehead atoms. The minimum absolute atomic E-state index is 0.209. The van der Waals surface area contributed by atoms with Gasteiger partial charge in [0.05, 0.1) is 13.2 Å². The van der Waals surface area contributed by atoms with E-state index < -0.39 is 6.10 Å². The molecule has 0 aliphatic heterocycles. The van der Waals surface area contributed by atoms with Crippen molar-refractivity contribution in [1.82, 2.24) is 0 Å². The number of allylic oxidation sites excluding steroid dienone is 16. The normalized spacial score (nSPS) is 13.3. The molecule has 1 atom stereocenters. The van der Waals surface area contributed by atoms with Gasteiger partial charge in [0.25, 0.3) is 0 Å². The maximum Gasteiger partial charge on any atom is 0.306 e. The van der Waals surface area contributed by atoms with Gasteiger partial charge in [0.1, 0.15) is 6.10 Å². The third-order valence-corrected chi connectivity index (χ3v) is 8.91. The number of aliphatic hydroxyl groups excluding tert-OH is 1. The van der Waals surface area contributed by atoms with Crippen molar-refractivity contribution in [1.29, 1.82) is 0 Å². The van der Waals surface area contributed by atoms with E-state index in [0.29, 0.717) is 19.4 Å². The van der Waals surface area contributed by atoms with Gasteiger partial charge in [-0.2, -0.15) is 0 Å². The van der Waals surface area contributed by atoms with E-state index in [1.165, 1.54) is 96.3 Å². The summed E-state index contributed by atoms with van der Waals surface area (Å²) in [5.41, 5.74) is 0. The highest BCUT2D eigenvalue weighted by Crippen LogP contribution is 2.12. The molecular formula is C49H82O4. The van der Waals surface area contributed by atoms with Gasteiger partial charge in [-0.15, -0.1) is 0 Å². The van der Waals surface area contributed by atoms with E-state index in [0.717, 1.165) is 57.8 Å².